The summed E-state index contributed by atoms with van der Waals surface area (Å²) in [5, 5.41) is 0. The first-order chi connectivity index (χ1) is 6.36. The number of nitrogen functional groups attached to an aromatic ring is 1. The number of methoxy groups -OCH3 is 1. The Balaban J connectivity index is 3.33. The maximum absolute atomic E-state index is 12.9. The first kappa shape index (κ1) is 10.6. The number of ether oxygens (including phenoxy) is 1. The molecular weight excluding hydrogens is 202 g/mol. The summed E-state index contributed by atoms with van der Waals surface area (Å²) in [6.45, 7) is 0. The third-order valence-corrected chi connectivity index (χ3v) is 1.61. The van der Waals surface area contributed by atoms with Crippen molar-refractivity contribution in [1.82, 2.24) is 0 Å². The van der Waals surface area contributed by atoms with E-state index in [1.807, 2.05) is 0 Å². The lowest BCUT2D eigenvalue weighted by molar-refractivity contribution is -0.139. The molecule has 0 aromatic heterocycles. The molecule has 2 N–H and O–H groups in total. The van der Waals surface area contributed by atoms with Crippen molar-refractivity contribution in [3.05, 3.63) is 23.5 Å². The summed E-state index contributed by atoms with van der Waals surface area (Å²) in [4.78, 5) is 0. The van der Waals surface area contributed by atoms with Crippen LogP contribution in [0.25, 0.3) is 0 Å². The molecule has 78 valence electrons. The molecule has 0 atom stereocenters. The molecule has 0 saturated heterocycles. The standard InChI is InChI=1S/C8H7F4NO/c1-14-4-2-5(9)7(6(13)3-4)8(10,11)12/h2-3H,13H2,1H3. The monoisotopic (exact) mass is 209 g/mol. The molecule has 0 bridgehead atoms. The van der Waals surface area contributed by atoms with E-state index in [4.69, 9.17) is 5.73 Å². The van der Waals surface area contributed by atoms with Gasteiger partial charge in [0.15, 0.2) is 0 Å². The van der Waals surface area contributed by atoms with Crippen molar-refractivity contribution in [1.29, 1.82) is 0 Å². The third kappa shape index (κ3) is 1.89. The van der Waals surface area contributed by atoms with E-state index in [0.717, 1.165) is 6.07 Å². The van der Waals surface area contributed by atoms with Crippen molar-refractivity contribution in [2.75, 3.05) is 12.8 Å². The minimum Gasteiger partial charge on any atom is -0.497 e. The molecule has 1 aromatic carbocycles. The highest BCUT2D eigenvalue weighted by Gasteiger charge is 2.36. The SMILES string of the molecule is COc1cc(N)c(C(F)(F)F)c(F)c1. The first-order valence-electron chi connectivity index (χ1n) is 3.56. The van der Waals surface area contributed by atoms with Crippen LogP contribution in [0.15, 0.2) is 12.1 Å². The number of alkyl halides is 3. The van der Waals surface area contributed by atoms with E-state index in [0.29, 0.717) is 6.07 Å². The Morgan fingerprint density at radius 1 is 1.29 bits per heavy atom. The fraction of sp³-hybridized carbons (Fsp3) is 0.250. The van der Waals surface area contributed by atoms with Gasteiger partial charge in [-0.05, 0) is 0 Å². The first-order valence-corrected chi connectivity index (χ1v) is 3.56. The summed E-state index contributed by atoms with van der Waals surface area (Å²) in [5.41, 5.74) is 2.90. The minimum atomic E-state index is -4.79. The molecule has 1 rings (SSSR count). The highest BCUT2D eigenvalue weighted by molar-refractivity contribution is 5.53. The van der Waals surface area contributed by atoms with Crippen molar-refractivity contribution in [3.63, 3.8) is 0 Å². The van der Waals surface area contributed by atoms with Gasteiger partial charge >= 0.3 is 6.18 Å². The third-order valence-electron chi connectivity index (χ3n) is 1.61. The Labute approximate surface area is 77.3 Å². The second-order valence-corrected chi connectivity index (χ2v) is 2.57. The smallest absolute Gasteiger partial charge is 0.421 e. The van der Waals surface area contributed by atoms with E-state index in [-0.39, 0.29) is 5.75 Å². The molecule has 0 spiro atoms. The Kier molecular flexibility index (Phi) is 2.55. The fourth-order valence-electron chi connectivity index (χ4n) is 1.02. The number of hydrogen-bond donors (Lipinski definition) is 1. The van der Waals surface area contributed by atoms with Crippen molar-refractivity contribution >= 4 is 5.69 Å². The van der Waals surface area contributed by atoms with Gasteiger partial charge < -0.3 is 10.5 Å². The van der Waals surface area contributed by atoms with E-state index in [2.05, 4.69) is 4.74 Å². The molecule has 0 unspecified atom stereocenters. The number of benzene rings is 1. The summed E-state index contributed by atoms with van der Waals surface area (Å²) in [7, 11) is 1.21. The molecule has 0 amide bonds. The highest BCUT2D eigenvalue weighted by atomic mass is 19.4. The zero-order valence-corrected chi connectivity index (χ0v) is 7.15. The van der Waals surface area contributed by atoms with Gasteiger partial charge in [0.05, 0.1) is 12.8 Å². The Bertz CT molecular complexity index is 325. The van der Waals surface area contributed by atoms with Gasteiger partial charge in [0.1, 0.15) is 17.1 Å². The number of hydrogen-bond acceptors (Lipinski definition) is 2. The topological polar surface area (TPSA) is 35.2 Å². The summed E-state index contributed by atoms with van der Waals surface area (Å²) < 4.78 is 54.0. The molecule has 0 saturated carbocycles. The summed E-state index contributed by atoms with van der Waals surface area (Å²) in [6, 6.07) is 1.56. The van der Waals surface area contributed by atoms with Gasteiger partial charge in [-0.15, -0.1) is 0 Å². The lowest BCUT2D eigenvalue weighted by Gasteiger charge is -2.12. The molecule has 2 nitrogen and oxygen atoms in total. The lowest BCUT2D eigenvalue weighted by Crippen LogP contribution is -2.12. The van der Waals surface area contributed by atoms with E-state index in [9.17, 15) is 17.6 Å². The van der Waals surface area contributed by atoms with Crippen LogP contribution in [0.1, 0.15) is 5.56 Å². The largest absolute Gasteiger partial charge is 0.497 e. The van der Waals surface area contributed by atoms with Crippen molar-refractivity contribution in [2.24, 2.45) is 0 Å². The molecule has 0 aliphatic rings. The van der Waals surface area contributed by atoms with Gasteiger partial charge in [-0.2, -0.15) is 13.2 Å². The van der Waals surface area contributed by atoms with Gasteiger partial charge in [0, 0.05) is 12.1 Å². The molecule has 6 heteroatoms. The van der Waals surface area contributed by atoms with Crippen LogP contribution in [0.3, 0.4) is 0 Å². The number of anilines is 1. The van der Waals surface area contributed by atoms with Crippen LogP contribution < -0.4 is 10.5 Å². The van der Waals surface area contributed by atoms with Gasteiger partial charge in [-0.1, -0.05) is 0 Å². The summed E-state index contributed by atoms with van der Waals surface area (Å²) >= 11 is 0. The van der Waals surface area contributed by atoms with Crippen LogP contribution in [0, 0.1) is 5.82 Å². The van der Waals surface area contributed by atoms with Crippen molar-refractivity contribution in [2.45, 2.75) is 6.18 Å². The van der Waals surface area contributed by atoms with E-state index in [1.165, 1.54) is 7.11 Å². The zero-order chi connectivity index (χ0) is 10.9. The molecular formula is C8H7F4NO. The highest BCUT2D eigenvalue weighted by Crippen LogP contribution is 2.37. The predicted octanol–water partition coefficient (Wildman–Crippen LogP) is 2.44. The normalized spacial score (nSPS) is 11.5. The number of halogens is 4. The summed E-state index contributed by atoms with van der Waals surface area (Å²) in [5.74, 6) is -1.48. The number of nitrogens with two attached hydrogens (primary N) is 1. The molecule has 1 aromatic rings. The maximum atomic E-state index is 12.9. The molecule has 0 aliphatic heterocycles. The summed E-state index contributed by atoms with van der Waals surface area (Å²) in [6.07, 6.45) is -4.79. The van der Waals surface area contributed by atoms with Gasteiger partial charge in [0.2, 0.25) is 0 Å². The molecule has 0 aliphatic carbocycles. The Morgan fingerprint density at radius 2 is 1.86 bits per heavy atom. The van der Waals surface area contributed by atoms with Gasteiger partial charge in [-0.25, -0.2) is 4.39 Å². The molecule has 0 heterocycles. The predicted molar refractivity (Wildman–Crippen MR) is 42.4 cm³/mol. The lowest BCUT2D eigenvalue weighted by atomic mass is 10.1. The van der Waals surface area contributed by atoms with Gasteiger partial charge in [0.25, 0.3) is 0 Å². The van der Waals surface area contributed by atoms with E-state index in [1.54, 1.807) is 0 Å². The van der Waals surface area contributed by atoms with Crippen molar-refractivity contribution in [3.8, 4) is 5.75 Å². The van der Waals surface area contributed by atoms with Crippen LogP contribution in [-0.2, 0) is 6.18 Å². The maximum Gasteiger partial charge on any atom is 0.421 e. The minimum absolute atomic E-state index is 0.0481. The second-order valence-electron chi connectivity index (χ2n) is 2.57. The Hall–Kier alpha value is -1.46. The zero-order valence-electron chi connectivity index (χ0n) is 7.15. The molecule has 0 fully saturated rings. The van der Waals surface area contributed by atoms with Gasteiger partial charge in [-0.3, -0.25) is 0 Å². The van der Waals surface area contributed by atoms with E-state index >= 15 is 0 Å². The fourth-order valence-corrected chi connectivity index (χ4v) is 1.02. The van der Waals surface area contributed by atoms with E-state index < -0.39 is 23.2 Å². The quantitative estimate of drug-likeness (QED) is 0.569. The van der Waals surface area contributed by atoms with Crippen LogP contribution in [0.4, 0.5) is 23.2 Å². The van der Waals surface area contributed by atoms with Crippen LogP contribution in [-0.4, -0.2) is 7.11 Å². The Morgan fingerprint density at radius 3 is 2.21 bits per heavy atom. The average Bonchev–Trinajstić information content (AvgIpc) is 1.99. The second kappa shape index (κ2) is 3.36. The average molecular weight is 209 g/mol. The van der Waals surface area contributed by atoms with Crippen LogP contribution >= 0.6 is 0 Å². The van der Waals surface area contributed by atoms with Crippen molar-refractivity contribution < 1.29 is 22.3 Å². The van der Waals surface area contributed by atoms with Crippen LogP contribution in [0.5, 0.6) is 5.75 Å². The molecule has 14 heavy (non-hydrogen) atoms. The number of rotatable bonds is 1. The van der Waals surface area contributed by atoms with Crippen LogP contribution in [0.2, 0.25) is 0 Å². The molecule has 0 radical (unpaired) electrons.